The minimum absolute atomic E-state index is 0.100. The summed E-state index contributed by atoms with van der Waals surface area (Å²) >= 11 is 3.23. The maximum atomic E-state index is 13.5. The normalized spacial score (nSPS) is 17.8. The third-order valence-electron chi connectivity index (χ3n) is 8.09. The predicted molar refractivity (Wildman–Crippen MR) is 180 cm³/mol. The van der Waals surface area contributed by atoms with Gasteiger partial charge in [-0.2, -0.15) is 0 Å². The quantitative estimate of drug-likeness (QED) is 0.104. The van der Waals surface area contributed by atoms with E-state index in [0.29, 0.717) is 0 Å². The lowest BCUT2D eigenvalue weighted by Crippen LogP contribution is -2.30. The third kappa shape index (κ3) is 10.9. The van der Waals surface area contributed by atoms with E-state index in [-0.39, 0.29) is 5.91 Å². The van der Waals surface area contributed by atoms with Crippen LogP contribution in [0.15, 0.2) is 38.0 Å². The monoisotopic (exact) mass is 601 g/mol. The molecule has 1 amide bonds. The van der Waals surface area contributed by atoms with Gasteiger partial charge in [-0.25, -0.2) is 0 Å². The highest BCUT2D eigenvalue weighted by atomic mass is 32.2. The Morgan fingerprint density at radius 1 is 0.756 bits per heavy atom. The van der Waals surface area contributed by atoms with Crippen LogP contribution in [0.1, 0.15) is 129 Å². The first-order chi connectivity index (χ1) is 20.1. The van der Waals surface area contributed by atoms with E-state index in [1.54, 1.807) is 30.6 Å². The minimum atomic E-state index is 0.100. The van der Waals surface area contributed by atoms with E-state index in [1.165, 1.54) is 96.3 Å². The van der Waals surface area contributed by atoms with Gasteiger partial charge in [-0.05, 0) is 36.7 Å². The maximum Gasteiger partial charge on any atom is 0.269 e. The lowest BCUT2D eigenvalue weighted by Gasteiger charge is -2.16. The van der Waals surface area contributed by atoms with E-state index in [1.807, 2.05) is 24.1 Å². The molecule has 0 bridgehead atoms. The number of amides is 1. The highest BCUT2D eigenvalue weighted by Gasteiger charge is 2.38. The summed E-state index contributed by atoms with van der Waals surface area (Å²) in [6, 6.07) is 6.10. The zero-order valence-corrected chi connectivity index (χ0v) is 28.0. The van der Waals surface area contributed by atoms with Gasteiger partial charge < -0.3 is 9.64 Å². The minimum Gasteiger partial charge on any atom is -0.497 e. The summed E-state index contributed by atoms with van der Waals surface area (Å²) in [4.78, 5) is 24.4. The van der Waals surface area contributed by atoms with Crippen LogP contribution in [0.3, 0.4) is 0 Å². The van der Waals surface area contributed by atoms with Gasteiger partial charge in [-0.15, -0.1) is 0 Å². The van der Waals surface area contributed by atoms with Gasteiger partial charge in [0.1, 0.15) is 10.7 Å². The molecule has 41 heavy (non-hydrogen) atoms. The highest BCUT2D eigenvalue weighted by Crippen LogP contribution is 2.50. The fourth-order valence-electron chi connectivity index (χ4n) is 5.45. The molecule has 3 rings (SSSR count). The van der Waals surface area contributed by atoms with E-state index in [9.17, 15) is 4.79 Å². The summed E-state index contributed by atoms with van der Waals surface area (Å²) in [7, 11) is 3.73. The zero-order valence-electron chi connectivity index (χ0n) is 26.3. The van der Waals surface area contributed by atoms with Gasteiger partial charge in [0.2, 0.25) is 0 Å². The lowest BCUT2D eigenvalue weighted by molar-refractivity contribution is -0.122. The molecule has 0 aromatic heterocycles. The summed E-state index contributed by atoms with van der Waals surface area (Å²) in [5, 5.41) is 1.88. The number of nitrogens with zero attached hydrogens (tertiary/aromatic N) is 3. The van der Waals surface area contributed by atoms with Gasteiger partial charge in [0.25, 0.3) is 5.91 Å². The van der Waals surface area contributed by atoms with Gasteiger partial charge in [0, 0.05) is 31.1 Å². The van der Waals surface area contributed by atoms with Crippen LogP contribution >= 0.6 is 23.5 Å². The van der Waals surface area contributed by atoms with Crippen LogP contribution < -0.4 is 9.64 Å². The number of hydrogen-bond donors (Lipinski definition) is 0. The molecule has 2 aliphatic rings. The van der Waals surface area contributed by atoms with Crippen molar-refractivity contribution in [3.63, 3.8) is 0 Å². The van der Waals surface area contributed by atoms with Crippen LogP contribution in [-0.4, -0.2) is 43.2 Å². The van der Waals surface area contributed by atoms with E-state index in [2.05, 4.69) is 24.8 Å². The molecule has 1 aromatic carbocycles. The summed E-state index contributed by atoms with van der Waals surface area (Å²) in [5.74, 6) is 0.932. The number of aliphatic imine (C=N–C) groups is 1. The second-order valence-electron chi connectivity index (χ2n) is 11.5. The Morgan fingerprint density at radius 3 is 1.88 bits per heavy atom. The number of fused-ring (bicyclic) bond motifs is 1. The number of amidine groups is 1. The molecule has 0 aliphatic carbocycles. The molecule has 2 heterocycles. The molecular weight excluding hydrogens is 547 g/mol. The van der Waals surface area contributed by atoms with Gasteiger partial charge in [0.05, 0.1) is 17.8 Å². The van der Waals surface area contributed by atoms with Crippen LogP contribution in [0.4, 0.5) is 5.69 Å². The van der Waals surface area contributed by atoms with Crippen LogP contribution in [0.5, 0.6) is 5.75 Å². The predicted octanol–water partition coefficient (Wildman–Crippen LogP) is 10.4. The second kappa shape index (κ2) is 19.6. The van der Waals surface area contributed by atoms with Crippen molar-refractivity contribution in [1.29, 1.82) is 0 Å². The molecule has 0 atom stereocenters. The molecule has 0 N–H and O–H groups in total. The molecule has 1 aromatic rings. The highest BCUT2D eigenvalue weighted by molar-refractivity contribution is 8.19. The molecule has 1 fully saturated rings. The lowest BCUT2D eigenvalue weighted by atomic mass is 10.0. The Kier molecular flexibility index (Phi) is 16.2. The fraction of sp³-hybridized carbons (Fsp3) is 0.706. The largest absolute Gasteiger partial charge is 0.497 e. The zero-order chi connectivity index (χ0) is 29.3. The van der Waals surface area contributed by atoms with E-state index >= 15 is 0 Å². The van der Waals surface area contributed by atoms with Crippen molar-refractivity contribution in [2.75, 3.05) is 32.1 Å². The topological polar surface area (TPSA) is 45.1 Å². The standard InChI is InChI=1S/C34H55N3O2S2/c1-5-7-9-10-11-12-13-14-15-16-17-18-19-20-21-22-25-35-34-37(26-8-6-2)32(38)31(41-34)33-36(3)29-27-28(39-4)23-24-30(29)40-33/h23-24,27H,5-22,25-26H2,1-4H3/b33-31-,35-34?. The number of carbonyl (C=O) groups is 1. The van der Waals surface area contributed by atoms with Crippen molar-refractivity contribution in [2.24, 2.45) is 4.99 Å². The Hall–Kier alpha value is -1.60. The first kappa shape index (κ1) is 33.9. The van der Waals surface area contributed by atoms with Gasteiger partial charge >= 0.3 is 0 Å². The van der Waals surface area contributed by atoms with Crippen LogP contribution in [-0.2, 0) is 4.79 Å². The molecular formula is C34H55N3O2S2. The fourth-order valence-corrected chi connectivity index (χ4v) is 7.81. The van der Waals surface area contributed by atoms with Crippen molar-refractivity contribution >= 4 is 40.3 Å². The van der Waals surface area contributed by atoms with Crippen LogP contribution in [0.25, 0.3) is 0 Å². The van der Waals surface area contributed by atoms with E-state index in [4.69, 9.17) is 9.73 Å². The summed E-state index contributed by atoms with van der Waals surface area (Å²) in [6.45, 7) is 6.01. The molecule has 230 valence electrons. The van der Waals surface area contributed by atoms with Crippen molar-refractivity contribution < 1.29 is 9.53 Å². The number of carbonyl (C=O) groups excluding carboxylic acids is 1. The van der Waals surface area contributed by atoms with Crippen molar-refractivity contribution in [3.8, 4) is 5.75 Å². The smallest absolute Gasteiger partial charge is 0.269 e. The maximum absolute atomic E-state index is 13.5. The van der Waals surface area contributed by atoms with E-state index in [0.717, 1.165) is 63.8 Å². The summed E-state index contributed by atoms with van der Waals surface area (Å²) in [5.41, 5.74) is 1.09. The number of ether oxygens (including phenoxy) is 1. The number of unbranched alkanes of at least 4 members (excludes halogenated alkanes) is 16. The number of methoxy groups -OCH3 is 1. The van der Waals surface area contributed by atoms with Gasteiger partial charge in [0.15, 0.2) is 5.17 Å². The number of hydrogen-bond acceptors (Lipinski definition) is 6. The Balaban J connectivity index is 1.35. The molecule has 0 radical (unpaired) electrons. The first-order valence-corrected chi connectivity index (χ1v) is 18.1. The number of rotatable bonds is 21. The molecule has 5 nitrogen and oxygen atoms in total. The Labute approximate surface area is 259 Å². The number of anilines is 1. The number of benzene rings is 1. The molecule has 7 heteroatoms. The number of thioether (sulfide) groups is 2. The second-order valence-corrected chi connectivity index (χ2v) is 13.5. The van der Waals surface area contributed by atoms with E-state index < -0.39 is 0 Å². The molecule has 2 aliphatic heterocycles. The first-order valence-electron chi connectivity index (χ1n) is 16.5. The summed E-state index contributed by atoms with van der Waals surface area (Å²) in [6.07, 6.45) is 24.0. The van der Waals surface area contributed by atoms with Crippen LogP contribution in [0, 0.1) is 0 Å². The Bertz CT molecular complexity index is 994. The molecule has 0 spiro atoms. The Morgan fingerprint density at radius 2 is 1.32 bits per heavy atom. The molecule has 0 saturated carbocycles. The third-order valence-corrected chi connectivity index (χ3v) is 10.6. The van der Waals surface area contributed by atoms with Crippen molar-refractivity contribution in [1.82, 2.24) is 4.90 Å². The van der Waals surface area contributed by atoms with Gasteiger partial charge in [-0.1, -0.05) is 128 Å². The van der Waals surface area contributed by atoms with Crippen molar-refractivity contribution in [2.45, 2.75) is 134 Å². The summed E-state index contributed by atoms with van der Waals surface area (Å²) < 4.78 is 5.42. The van der Waals surface area contributed by atoms with Crippen LogP contribution in [0.2, 0.25) is 0 Å². The SMILES string of the molecule is CCCCCCCCCCCCCCCCCCN=C1S/C(=C2\Sc3ccc(OC)cc3N2C)C(=O)N1CCCC. The average molecular weight is 602 g/mol. The average Bonchev–Trinajstić information content (AvgIpc) is 3.48. The van der Waals surface area contributed by atoms with Crippen molar-refractivity contribution in [3.05, 3.63) is 28.1 Å². The molecule has 1 saturated heterocycles. The molecule has 0 unspecified atom stereocenters. The van der Waals surface area contributed by atoms with Gasteiger partial charge in [-0.3, -0.25) is 14.7 Å².